The van der Waals surface area contributed by atoms with Crippen molar-refractivity contribution < 1.29 is 4.79 Å². The van der Waals surface area contributed by atoms with Crippen molar-refractivity contribution in [3.63, 3.8) is 0 Å². The lowest BCUT2D eigenvalue weighted by atomic mass is 10.00. The fourth-order valence-electron chi connectivity index (χ4n) is 2.83. The van der Waals surface area contributed by atoms with Crippen molar-refractivity contribution in [2.24, 2.45) is 5.92 Å². The van der Waals surface area contributed by atoms with Gasteiger partial charge in [0.25, 0.3) is 0 Å². The Labute approximate surface area is 128 Å². The summed E-state index contributed by atoms with van der Waals surface area (Å²) in [4.78, 5) is 14.7. The van der Waals surface area contributed by atoms with E-state index in [1.165, 1.54) is 12.0 Å². The topological polar surface area (TPSA) is 32.3 Å². The van der Waals surface area contributed by atoms with E-state index in [9.17, 15) is 4.79 Å². The zero-order chi connectivity index (χ0) is 15.1. The molecule has 1 N–H and O–H groups in total. The first kappa shape index (κ1) is 16.2. The molecule has 1 heterocycles. The molecule has 0 bridgehead atoms. The molecule has 2 rings (SSSR count). The fourth-order valence-corrected chi connectivity index (χ4v) is 2.83. The number of hydrogen-bond acceptors (Lipinski definition) is 3. The number of ketones is 1. The van der Waals surface area contributed by atoms with Crippen LogP contribution in [0, 0.1) is 5.92 Å². The first-order valence-corrected chi connectivity index (χ1v) is 8.20. The minimum Gasteiger partial charge on any atom is -0.315 e. The standard InChI is InChI=1S/C18H28N2O/c1-15(2)14-16-4-6-17(7-5-16)18(21)8-12-20-11-3-9-19-10-13-20/h4-7,15,19H,3,8-14H2,1-2H3. The molecular formula is C18H28N2O. The van der Waals surface area contributed by atoms with Gasteiger partial charge in [0.15, 0.2) is 5.78 Å². The van der Waals surface area contributed by atoms with Crippen LogP contribution in [0.15, 0.2) is 24.3 Å². The summed E-state index contributed by atoms with van der Waals surface area (Å²) in [7, 11) is 0. The van der Waals surface area contributed by atoms with E-state index >= 15 is 0 Å². The van der Waals surface area contributed by atoms with Crippen molar-refractivity contribution >= 4 is 5.78 Å². The predicted molar refractivity (Wildman–Crippen MR) is 87.9 cm³/mol. The molecule has 1 aliphatic heterocycles. The van der Waals surface area contributed by atoms with Crippen LogP contribution in [0.5, 0.6) is 0 Å². The molecule has 0 radical (unpaired) electrons. The van der Waals surface area contributed by atoms with Crippen molar-refractivity contribution in [1.29, 1.82) is 0 Å². The third kappa shape index (κ3) is 5.60. The fraction of sp³-hybridized carbons (Fsp3) is 0.611. The summed E-state index contributed by atoms with van der Waals surface area (Å²) in [6.07, 6.45) is 2.89. The zero-order valence-corrected chi connectivity index (χ0v) is 13.4. The Balaban J connectivity index is 1.82. The van der Waals surface area contributed by atoms with E-state index in [2.05, 4.69) is 36.2 Å². The van der Waals surface area contributed by atoms with Gasteiger partial charge in [-0.1, -0.05) is 38.1 Å². The van der Waals surface area contributed by atoms with E-state index in [4.69, 9.17) is 0 Å². The van der Waals surface area contributed by atoms with E-state index in [-0.39, 0.29) is 5.78 Å². The second kappa shape index (κ2) is 8.30. The van der Waals surface area contributed by atoms with Crippen LogP contribution in [0.2, 0.25) is 0 Å². The number of Topliss-reactive ketones (excluding diaryl/α,β-unsaturated/α-hetero) is 1. The molecule has 1 aromatic carbocycles. The molecule has 116 valence electrons. The first-order chi connectivity index (χ1) is 10.1. The molecule has 0 aliphatic carbocycles. The molecule has 0 unspecified atom stereocenters. The Kier molecular flexibility index (Phi) is 6.40. The third-order valence-corrected chi connectivity index (χ3v) is 4.01. The summed E-state index contributed by atoms with van der Waals surface area (Å²) in [5, 5.41) is 3.39. The smallest absolute Gasteiger partial charge is 0.164 e. The van der Waals surface area contributed by atoms with Crippen LogP contribution in [0.3, 0.4) is 0 Å². The van der Waals surface area contributed by atoms with Gasteiger partial charge in [-0.2, -0.15) is 0 Å². The van der Waals surface area contributed by atoms with E-state index in [0.29, 0.717) is 12.3 Å². The number of nitrogens with one attached hydrogen (secondary N) is 1. The molecule has 3 heteroatoms. The van der Waals surface area contributed by atoms with Crippen molar-refractivity contribution in [1.82, 2.24) is 10.2 Å². The van der Waals surface area contributed by atoms with Crippen LogP contribution >= 0.6 is 0 Å². The number of carbonyl (C=O) groups is 1. The van der Waals surface area contributed by atoms with Gasteiger partial charge in [-0.3, -0.25) is 4.79 Å². The molecule has 21 heavy (non-hydrogen) atoms. The molecule has 0 amide bonds. The molecule has 0 atom stereocenters. The summed E-state index contributed by atoms with van der Waals surface area (Å²) in [6.45, 7) is 9.62. The lowest BCUT2D eigenvalue weighted by molar-refractivity contribution is 0.0965. The van der Waals surface area contributed by atoms with Crippen LogP contribution < -0.4 is 5.32 Å². The third-order valence-electron chi connectivity index (χ3n) is 4.01. The highest BCUT2D eigenvalue weighted by Gasteiger charge is 2.12. The zero-order valence-electron chi connectivity index (χ0n) is 13.4. The summed E-state index contributed by atoms with van der Waals surface area (Å²) in [6, 6.07) is 8.18. The molecule has 1 aliphatic rings. The van der Waals surface area contributed by atoms with E-state index in [0.717, 1.165) is 44.7 Å². The second-order valence-electron chi connectivity index (χ2n) is 6.41. The van der Waals surface area contributed by atoms with Crippen molar-refractivity contribution in [3.8, 4) is 0 Å². The normalized spacial score (nSPS) is 16.9. The number of rotatable bonds is 6. The van der Waals surface area contributed by atoms with Crippen LogP contribution in [0.4, 0.5) is 0 Å². The summed E-state index contributed by atoms with van der Waals surface area (Å²) < 4.78 is 0. The maximum absolute atomic E-state index is 12.3. The maximum Gasteiger partial charge on any atom is 0.164 e. The van der Waals surface area contributed by atoms with E-state index < -0.39 is 0 Å². The molecule has 0 aromatic heterocycles. The van der Waals surface area contributed by atoms with Gasteiger partial charge in [0.05, 0.1) is 0 Å². The molecule has 0 saturated carbocycles. The highest BCUT2D eigenvalue weighted by Crippen LogP contribution is 2.11. The minimum atomic E-state index is 0.267. The SMILES string of the molecule is CC(C)Cc1ccc(C(=O)CCN2CCCNCC2)cc1. The van der Waals surface area contributed by atoms with Crippen LogP contribution in [0.1, 0.15) is 42.6 Å². The average molecular weight is 288 g/mol. The highest BCUT2D eigenvalue weighted by atomic mass is 16.1. The summed E-state index contributed by atoms with van der Waals surface area (Å²) in [5.41, 5.74) is 2.18. The molecule has 3 nitrogen and oxygen atoms in total. The molecule has 0 spiro atoms. The molecule has 1 aromatic rings. The van der Waals surface area contributed by atoms with Gasteiger partial charge >= 0.3 is 0 Å². The van der Waals surface area contributed by atoms with Crippen molar-refractivity contribution in [2.45, 2.75) is 33.1 Å². The Morgan fingerprint density at radius 1 is 1.19 bits per heavy atom. The molecule has 1 fully saturated rings. The Bertz CT molecular complexity index is 431. The van der Waals surface area contributed by atoms with E-state index in [1.807, 2.05) is 12.1 Å². The van der Waals surface area contributed by atoms with Gasteiger partial charge in [0.1, 0.15) is 0 Å². The number of carbonyl (C=O) groups excluding carboxylic acids is 1. The summed E-state index contributed by atoms with van der Waals surface area (Å²) >= 11 is 0. The van der Waals surface area contributed by atoms with Gasteiger partial charge < -0.3 is 10.2 Å². The summed E-state index contributed by atoms with van der Waals surface area (Å²) in [5.74, 6) is 0.923. The Morgan fingerprint density at radius 2 is 1.95 bits per heavy atom. The first-order valence-electron chi connectivity index (χ1n) is 8.20. The lowest BCUT2D eigenvalue weighted by Crippen LogP contribution is -2.30. The predicted octanol–water partition coefficient (Wildman–Crippen LogP) is 2.75. The largest absolute Gasteiger partial charge is 0.315 e. The van der Waals surface area contributed by atoms with Gasteiger partial charge in [0, 0.05) is 31.6 Å². The number of benzene rings is 1. The lowest BCUT2D eigenvalue weighted by Gasteiger charge is -2.18. The van der Waals surface area contributed by atoms with Crippen LogP contribution in [-0.2, 0) is 6.42 Å². The monoisotopic (exact) mass is 288 g/mol. The van der Waals surface area contributed by atoms with Gasteiger partial charge in [-0.05, 0) is 37.4 Å². The van der Waals surface area contributed by atoms with Crippen LogP contribution in [0.25, 0.3) is 0 Å². The average Bonchev–Trinajstić information content (AvgIpc) is 2.73. The second-order valence-corrected chi connectivity index (χ2v) is 6.41. The quantitative estimate of drug-likeness (QED) is 0.817. The van der Waals surface area contributed by atoms with Crippen molar-refractivity contribution in [3.05, 3.63) is 35.4 Å². The Morgan fingerprint density at radius 3 is 2.67 bits per heavy atom. The minimum absolute atomic E-state index is 0.267. The van der Waals surface area contributed by atoms with Gasteiger partial charge in [-0.25, -0.2) is 0 Å². The number of nitrogens with zero attached hydrogens (tertiary/aromatic N) is 1. The Hall–Kier alpha value is -1.19. The molecule has 1 saturated heterocycles. The highest BCUT2D eigenvalue weighted by molar-refractivity contribution is 5.96. The van der Waals surface area contributed by atoms with Crippen LogP contribution in [-0.4, -0.2) is 43.4 Å². The molecular weight excluding hydrogens is 260 g/mol. The van der Waals surface area contributed by atoms with E-state index in [1.54, 1.807) is 0 Å². The van der Waals surface area contributed by atoms with Gasteiger partial charge in [0.2, 0.25) is 0 Å². The van der Waals surface area contributed by atoms with Gasteiger partial charge in [-0.15, -0.1) is 0 Å². The van der Waals surface area contributed by atoms with Crippen molar-refractivity contribution in [2.75, 3.05) is 32.7 Å². The number of hydrogen-bond donors (Lipinski definition) is 1. The maximum atomic E-state index is 12.3.